The number of carboxylic acids is 1. The Balaban J connectivity index is 2.33. The van der Waals surface area contributed by atoms with Gasteiger partial charge in [0.15, 0.2) is 0 Å². The van der Waals surface area contributed by atoms with E-state index >= 15 is 0 Å². The standard InChI is InChI=1S/C11H6Cl3N3O2/c12-7-2-1-5(3-6(7)10(18)19)15-9-4-8(13)16-11(14)17-9/h1-4H,(H,18,19)(H,15,16,17). The molecular weight excluding hydrogens is 312 g/mol. The van der Waals surface area contributed by atoms with Crippen molar-refractivity contribution in [3.63, 3.8) is 0 Å². The topological polar surface area (TPSA) is 75.1 Å². The Labute approximate surface area is 123 Å². The van der Waals surface area contributed by atoms with Gasteiger partial charge >= 0.3 is 5.97 Å². The van der Waals surface area contributed by atoms with Crippen molar-refractivity contribution in [1.82, 2.24) is 9.97 Å². The van der Waals surface area contributed by atoms with E-state index < -0.39 is 5.97 Å². The molecule has 0 spiro atoms. The lowest BCUT2D eigenvalue weighted by molar-refractivity contribution is 0.0697. The number of nitrogens with zero attached hydrogens (tertiary/aromatic N) is 2. The molecular formula is C11H6Cl3N3O2. The number of anilines is 2. The fourth-order valence-corrected chi connectivity index (χ4v) is 1.98. The molecule has 8 heteroatoms. The van der Waals surface area contributed by atoms with Crippen LogP contribution in [0, 0.1) is 0 Å². The third-order valence-electron chi connectivity index (χ3n) is 2.14. The van der Waals surface area contributed by atoms with Crippen LogP contribution in [0.3, 0.4) is 0 Å². The molecule has 1 aromatic carbocycles. The van der Waals surface area contributed by atoms with E-state index in [9.17, 15) is 4.79 Å². The van der Waals surface area contributed by atoms with Crippen molar-refractivity contribution < 1.29 is 9.90 Å². The fraction of sp³-hybridized carbons (Fsp3) is 0. The number of halogens is 3. The van der Waals surface area contributed by atoms with Crippen molar-refractivity contribution in [1.29, 1.82) is 0 Å². The molecule has 1 aromatic heterocycles. The molecule has 2 rings (SSSR count). The highest BCUT2D eigenvalue weighted by Gasteiger charge is 2.10. The number of rotatable bonds is 3. The first-order valence-corrected chi connectivity index (χ1v) is 6.09. The molecule has 0 saturated heterocycles. The number of carbonyl (C=O) groups is 1. The zero-order valence-corrected chi connectivity index (χ0v) is 11.5. The molecule has 0 aliphatic heterocycles. The monoisotopic (exact) mass is 317 g/mol. The summed E-state index contributed by atoms with van der Waals surface area (Å²) in [6, 6.07) is 5.92. The lowest BCUT2D eigenvalue weighted by Gasteiger charge is -2.07. The maximum Gasteiger partial charge on any atom is 0.337 e. The molecule has 2 N–H and O–H groups in total. The van der Waals surface area contributed by atoms with E-state index in [1.807, 2.05) is 0 Å². The van der Waals surface area contributed by atoms with Crippen LogP contribution >= 0.6 is 34.8 Å². The Morgan fingerprint density at radius 3 is 2.53 bits per heavy atom. The third kappa shape index (κ3) is 3.47. The van der Waals surface area contributed by atoms with E-state index in [1.165, 1.54) is 18.2 Å². The highest BCUT2D eigenvalue weighted by Crippen LogP contribution is 2.24. The first-order valence-electron chi connectivity index (χ1n) is 4.95. The van der Waals surface area contributed by atoms with Crippen LogP contribution in [0.25, 0.3) is 0 Å². The number of aromatic nitrogens is 2. The Bertz CT molecular complexity index is 629. The largest absolute Gasteiger partial charge is 0.478 e. The Morgan fingerprint density at radius 2 is 1.89 bits per heavy atom. The summed E-state index contributed by atoms with van der Waals surface area (Å²) in [6.45, 7) is 0. The summed E-state index contributed by atoms with van der Waals surface area (Å²) in [5.74, 6) is -0.768. The molecule has 0 saturated carbocycles. The zero-order chi connectivity index (χ0) is 14.0. The van der Waals surface area contributed by atoms with E-state index in [-0.39, 0.29) is 21.0 Å². The maximum atomic E-state index is 11.0. The normalized spacial score (nSPS) is 10.3. The number of nitrogens with one attached hydrogen (secondary N) is 1. The SMILES string of the molecule is O=C(O)c1cc(Nc2cc(Cl)nc(Cl)n2)ccc1Cl. The first kappa shape index (κ1) is 13.9. The maximum absolute atomic E-state index is 11.0. The minimum atomic E-state index is -1.12. The van der Waals surface area contributed by atoms with Gasteiger partial charge in [0.05, 0.1) is 10.6 Å². The molecule has 5 nitrogen and oxygen atoms in total. The number of carboxylic acid groups (broad SMARTS) is 1. The van der Waals surface area contributed by atoms with Gasteiger partial charge in [0, 0.05) is 11.8 Å². The van der Waals surface area contributed by atoms with Crippen LogP contribution in [0.5, 0.6) is 0 Å². The highest BCUT2D eigenvalue weighted by molar-refractivity contribution is 6.33. The van der Waals surface area contributed by atoms with Crippen LogP contribution in [-0.2, 0) is 0 Å². The Kier molecular flexibility index (Phi) is 4.09. The summed E-state index contributed by atoms with van der Waals surface area (Å²) in [7, 11) is 0. The van der Waals surface area contributed by atoms with Crippen molar-refractivity contribution in [3.8, 4) is 0 Å². The zero-order valence-electron chi connectivity index (χ0n) is 9.19. The van der Waals surface area contributed by atoms with Gasteiger partial charge in [-0.3, -0.25) is 0 Å². The average Bonchev–Trinajstić information content (AvgIpc) is 2.30. The van der Waals surface area contributed by atoms with Crippen LogP contribution in [0.4, 0.5) is 11.5 Å². The van der Waals surface area contributed by atoms with E-state index in [2.05, 4.69) is 15.3 Å². The first-order chi connectivity index (χ1) is 8.95. The molecule has 0 unspecified atom stereocenters. The summed E-state index contributed by atoms with van der Waals surface area (Å²) in [4.78, 5) is 18.6. The van der Waals surface area contributed by atoms with Gasteiger partial charge in [-0.05, 0) is 29.8 Å². The van der Waals surface area contributed by atoms with Crippen molar-refractivity contribution >= 4 is 52.3 Å². The van der Waals surface area contributed by atoms with E-state index in [4.69, 9.17) is 39.9 Å². The van der Waals surface area contributed by atoms with Crippen LogP contribution in [-0.4, -0.2) is 21.0 Å². The molecule has 1 heterocycles. The molecule has 0 aliphatic rings. The lowest BCUT2D eigenvalue weighted by atomic mass is 10.2. The molecule has 0 fully saturated rings. The summed E-state index contributed by atoms with van der Waals surface area (Å²) in [6.07, 6.45) is 0. The number of hydrogen-bond donors (Lipinski definition) is 2. The minimum absolute atomic E-state index is 0.0116. The van der Waals surface area contributed by atoms with Gasteiger partial charge in [0.1, 0.15) is 11.0 Å². The van der Waals surface area contributed by atoms with E-state index in [0.717, 1.165) is 0 Å². The minimum Gasteiger partial charge on any atom is -0.478 e. The Morgan fingerprint density at radius 1 is 1.16 bits per heavy atom. The lowest BCUT2D eigenvalue weighted by Crippen LogP contribution is -2.00. The highest BCUT2D eigenvalue weighted by atomic mass is 35.5. The van der Waals surface area contributed by atoms with Crippen LogP contribution < -0.4 is 5.32 Å². The van der Waals surface area contributed by atoms with Gasteiger partial charge in [-0.2, -0.15) is 0 Å². The quantitative estimate of drug-likeness (QED) is 0.663. The van der Waals surface area contributed by atoms with Crippen molar-refractivity contribution in [2.45, 2.75) is 0 Å². The van der Waals surface area contributed by atoms with Gasteiger partial charge in [0.2, 0.25) is 5.28 Å². The van der Waals surface area contributed by atoms with Gasteiger partial charge < -0.3 is 10.4 Å². The van der Waals surface area contributed by atoms with Crippen molar-refractivity contribution in [2.75, 3.05) is 5.32 Å². The third-order valence-corrected chi connectivity index (χ3v) is 2.83. The average molecular weight is 319 g/mol. The predicted octanol–water partition coefficient (Wildman–Crippen LogP) is 3.88. The van der Waals surface area contributed by atoms with Crippen molar-refractivity contribution in [2.24, 2.45) is 0 Å². The van der Waals surface area contributed by atoms with Crippen molar-refractivity contribution in [3.05, 3.63) is 45.3 Å². The number of aromatic carboxylic acids is 1. The van der Waals surface area contributed by atoms with Gasteiger partial charge in [-0.15, -0.1) is 0 Å². The second-order valence-corrected chi connectivity index (χ2v) is 4.60. The molecule has 0 amide bonds. The molecule has 0 bridgehead atoms. The van der Waals surface area contributed by atoms with Crippen LogP contribution in [0.2, 0.25) is 15.5 Å². The molecule has 0 radical (unpaired) electrons. The van der Waals surface area contributed by atoms with Gasteiger partial charge in [-0.25, -0.2) is 14.8 Å². The second-order valence-electron chi connectivity index (χ2n) is 3.47. The summed E-state index contributed by atoms with van der Waals surface area (Å²) >= 11 is 17.2. The summed E-state index contributed by atoms with van der Waals surface area (Å²) in [5, 5.41) is 12.1. The number of hydrogen-bond acceptors (Lipinski definition) is 4. The van der Waals surface area contributed by atoms with Crippen LogP contribution in [0.15, 0.2) is 24.3 Å². The smallest absolute Gasteiger partial charge is 0.337 e. The van der Waals surface area contributed by atoms with E-state index in [1.54, 1.807) is 6.07 Å². The van der Waals surface area contributed by atoms with Gasteiger partial charge in [-0.1, -0.05) is 23.2 Å². The summed E-state index contributed by atoms with van der Waals surface area (Å²) in [5.41, 5.74) is 0.477. The molecule has 19 heavy (non-hydrogen) atoms. The Hall–Kier alpha value is -1.56. The predicted molar refractivity (Wildman–Crippen MR) is 73.7 cm³/mol. The van der Waals surface area contributed by atoms with Crippen LogP contribution in [0.1, 0.15) is 10.4 Å². The fourth-order valence-electron chi connectivity index (χ4n) is 1.37. The molecule has 2 aromatic rings. The van der Waals surface area contributed by atoms with Gasteiger partial charge in [0.25, 0.3) is 0 Å². The molecule has 98 valence electrons. The second kappa shape index (κ2) is 5.61. The summed E-state index contributed by atoms with van der Waals surface area (Å²) < 4.78 is 0. The van der Waals surface area contributed by atoms with E-state index in [0.29, 0.717) is 11.5 Å². The molecule has 0 atom stereocenters. The number of benzene rings is 1. The molecule has 0 aliphatic carbocycles.